The number of carbonyl (C=O) groups is 2. The van der Waals surface area contributed by atoms with E-state index in [0.29, 0.717) is 24.3 Å². The highest BCUT2D eigenvalue weighted by molar-refractivity contribution is 7.14. The summed E-state index contributed by atoms with van der Waals surface area (Å²) in [6.45, 7) is 1.23. The average molecular weight is 466 g/mol. The summed E-state index contributed by atoms with van der Waals surface area (Å²) in [6.07, 6.45) is -3.49. The highest BCUT2D eigenvalue weighted by atomic mass is 32.1. The Balaban J connectivity index is 1.31. The number of thiazole rings is 1. The van der Waals surface area contributed by atoms with E-state index in [1.165, 1.54) is 22.6 Å². The molecule has 0 aliphatic carbocycles. The second-order valence-electron chi connectivity index (χ2n) is 7.10. The number of hydrogen-bond donors (Lipinski definition) is 1. The van der Waals surface area contributed by atoms with E-state index in [9.17, 15) is 22.8 Å². The summed E-state index contributed by atoms with van der Waals surface area (Å²) < 4.78 is 38.7. The Bertz CT molecular complexity index is 1110. The van der Waals surface area contributed by atoms with Crippen LogP contribution in [0.4, 0.5) is 18.3 Å². The second-order valence-corrected chi connectivity index (χ2v) is 8.96. The summed E-state index contributed by atoms with van der Waals surface area (Å²) in [6, 6.07) is 6.90. The molecule has 3 heterocycles. The van der Waals surface area contributed by atoms with Crippen LogP contribution in [0.5, 0.6) is 0 Å². The molecule has 2 amide bonds. The number of thiophene rings is 1. The molecule has 1 aromatic carbocycles. The largest absolute Gasteiger partial charge is 0.416 e. The van der Waals surface area contributed by atoms with E-state index < -0.39 is 11.7 Å². The molecule has 1 N–H and O–H groups in total. The number of rotatable bonds is 5. The summed E-state index contributed by atoms with van der Waals surface area (Å²) >= 11 is 2.82. The summed E-state index contributed by atoms with van der Waals surface area (Å²) in [7, 11) is 0. The number of carbonyl (C=O) groups excluding carboxylic acids is 2. The number of anilines is 1. The van der Waals surface area contributed by atoms with Crippen molar-refractivity contribution in [2.24, 2.45) is 0 Å². The van der Waals surface area contributed by atoms with E-state index in [1.807, 2.05) is 11.4 Å². The van der Waals surface area contributed by atoms with Gasteiger partial charge in [-0.05, 0) is 35.6 Å². The minimum atomic E-state index is -4.44. The first-order chi connectivity index (χ1) is 14.8. The van der Waals surface area contributed by atoms with E-state index in [2.05, 4.69) is 10.3 Å². The molecular formula is C21H18F3N3O2S2. The van der Waals surface area contributed by atoms with Crippen molar-refractivity contribution in [2.45, 2.75) is 32.0 Å². The molecule has 1 aliphatic rings. The van der Waals surface area contributed by atoms with Gasteiger partial charge in [-0.1, -0.05) is 12.1 Å². The van der Waals surface area contributed by atoms with E-state index in [-0.39, 0.29) is 29.8 Å². The van der Waals surface area contributed by atoms with Gasteiger partial charge in [-0.15, -0.1) is 22.7 Å². The molecule has 5 nitrogen and oxygen atoms in total. The lowest BCUT2D eigenvalue weighted by Gasteiger charge is -2.27. The van der Waals surface area contributed by atoms with Crippen molar-refractivity contribution >= 4 is 39.6 Å². The van der Waals surface area contributed by atoms with Gasteiger partial charge in [0.2, 0.25) is 11.8 Å². The molecule has 0 bridgehead atoms. The molecule has 0 spiro atoms. The minimum absolute atomic E-state index is 0.0182. The zero-order chi connectivity index (χ0) is 22.0. The molecule has 1 aliphatic heterocycles. The zero-order valence-corrected chi connectivity index (χ0v) is 17.9. The average Bonchev–Trinajstić information content (AvgIpc) is 3.40. The summed E-state index contributed by atoms with van der Waals surface area (Å²) in [5.41, 5.74) is 1.08. The first-order valence-corrected chi connectivity index (χ1v) is 11.3. The molecule has 2 aromatic heterocycles. The molecule has 3 aromatic rings. The van der Waals surface area contributed by atoms with Gasteiger partial charge < -0.3 is 10.2 Å². The van der Waals surface area contributed by atoms with Gasteiger partial charge >= 0.3 is 6.18 Å². The highest BCUT2D eigenvalue weighted by Crippen LogP contribution is 2.33. The predicted molar refractivity (Wildman–Crippen MR) is 114 cm³/mol. The second kappa shape index (κ2) is 8.80. The molecule has 31 heavy (non-hydrogen) atoms. The van der Waals surface area contributed by atoms with Gasteiger partial charge in [-0.3, -0.25) is 9.59 Å². The number of benzene rings is 1. The van der Waals surface area contributed by atoms with Crippen molar-refractivity contribution in [3.8, 4) is 11.3 Å². The van der Waals surface area contributed by atoms with E-state index >= 15 is 0 Å². The maximum atomic E-state index is 12.9. The van der Waals surface area contributed by atoms with Gasteiger partial charge in [0.15, 0.2) is 5.13 Å². The van der Waals surface area contributed by atoms with Crippen molar-refractivity contribution in [1.29, 1.82) is 0 Å². The van der Waals surface area contributed by atoms with Gasteiger partial charge in [-0.25, -0.2) is 4.98 Å². The molecule has 0 saturated carbocycles. The van der Waals surface area contributed by atoms with E-state index in [1.54, 1.807) is 21.6 Å². The number of halogens is 3. The lowest BCUT2D eigenvalue weighted by atomic mass is 10.1. The number of alkyl halides is 3. The summed E-state index contributed by atoms with van der Waals surface area (Å²) in [5, 5.41) is 6.51. The Morgan fingerprint density at radius 3 is 2.81 bits per heavy atom. The van der Waals surface area contributed by atoms with Crippen molar-refractivity contribution in [1.82, 2.24) is 9.88 Å². The van der Waals surface area contributed by atoms with Crippen LogP contribution in [0.3, 0.4) is 0 Å². The molecule has 10 heteroatoms. The maximum Gasteiger partial charge on any atom is 0.416 e. The standard InChI is InChI=1S/C21H18F3N3O2S2/c22-21(23,24)15-3-1-2-13(10-15)16-12-31-20(25-16)26-18(28)4-5-19(29)27-8-6-17-14(11-27)7-9-30-17/h1-3,7,9-10,12H,4-6,8,11H2,(H,25,26,28). The highest BCUT2D eigenvalue weighted by Gasteiger charge is 2.30. The monoisotopic (exact) mass is 465 g/mol. The number of hydrogen-bond acceptors (Lipinski definition) is 5. The third-order valence-corrected chi connectivity index (χ3v) is 6.74. The fourth-order valence-corrected chi connectivity index (χ4v) is 4.97. The quantitative estimate of drug-likeness (QED) is 0.564. The smallest absolute Gasteiger partial charge is 0.338 e. The Morgan fingerprint density at radius 2 is 2.00 bits per heavy atom. The van der Waals surface area contributed by atoms with Crippen LogP contribution in [0.2, 0.25) is 0 Å². The van der Waals surface area contributed by atoms with Crippen molar-refractivity contribution in [3.63, 3.8) is 0 Å². The molecule has 0 atom stereocenters. The fraction of sp³-hybridized carbons (Fsp3) is 0.286. The Labute approximate surface area is 184 Å². The third-order valence-electron chi connectivity index (χ3n) is 4.96. The molecule has 0 unspecified atom stereocenters. The Morgan fingerprint density at radius 1 is 1.16 bits per heavy atom. The fourth-order valence-electron chi connectivity index (χ4n) is 3.34. The lowest BCUT2D eigenvalue weighted by molar-refractivity contribution is -0.137. The maximum absolute atomic E-state index is 12.9. The predicted octanol–water partition coefficient (Wildman–Crippen LogP) is 5.19. The molecule has 4 rings (SSSR count). The molecule has 0 saturated heterocycles. The van der Waals surface area contributed by atoms with Crippen LogP contribution in [-0.4, -0.2) is 28.2 Å². The van der Waals surface area contributed by atoms with Gasteiger partial charge in [0.25, 0.3) is 0 Å². The van der Waals surface area contributed by atoms with Crippen molar-refractivity contribution in [3.05, 3.63) is 57.1 Å². The minimum Gasteiger partial charge on any atom is -0.338 e. The van der Waals surface area contributed by atoms with Crippen molar-refractivity contribution < 1.29 is 22.8 Å². The van der Waals surface area contributed by atoms with Gasteiger partial charge in [0.05, 0.1) is 11.3 Å². The SMILES string of the molecule is O=C(CCC(=O)N1CCc2sccc2C1)Nc1nc(-c2cccc(C(F)(F)F)c2)cs1. The van der Waals surface area contributed by atoms with Crippen LogP contribution in [0.1, 0.15) is 28.8 Å². The first-order valence-electron chi connectivity index (χ1n) is 9.55. The number of amides is 2. The van der Waals surface area contributed by atoms with E-state index in [0.717, 1.165) is 29.9 Å². The molecule has 0 radical (unpaired) electrons. The molecular weight excluding hydrogens is 447 g/mol. The van der Waals surface area contributed by atoms with Crippen LogP contribution in [0.15, 0.2) is 41.1 Å². The first kappa shape index (κ1) is 21.5. The lowest BCUT2D eigenvalue weighted by Crippen LogP contribution is -2.35. The van der Waals surface area contributed by atoms with Crippen molar-refractivity contribution in [2.75, 3.05) is 11.9 Å². The molecule has 0 fully saturated rings. The zero-order valence-electron chi connectivity index (χ0n) is 16.2. The van der Waals surface area contributed by atoms with Crippen LogP contribution in [0, 0.1) is 0 Å². The Kier molecular flexibility index (Phi) is 6.10. The Hall–Kier alpha value is -2.72. The van der Waals surface area contributed by atoms with E-state index in [4.69, 9.17) is 0 Å². The number of nitrogens with one attached hydrogen (secondary N) is 1. The normalized spacial score (nSPS) is 13.7. The van der Waals surface area contributed by atoms with Crippen LogP contribution in [-0.2, 0) is 28.7 Å². The number of fused-ring (bicyclic) bond motifs is 1. The van der Waals surface area contributed by atoms with Gasteiger partial charge in [-0.2, -0.15) is 13.2 Å². The third kappa shape index (κ3) is 5.13. The van der Waals surface area contributed by atoms with Crippen LogP contribution in [0.25, 0.3) is 11.3 Å². The topological polar surface area (TPSA) is 62.3 Å². The molecule has 162 valence electrons. The van der Waals surface area contributed by atoms with Gasteiger partial charge in [0, 0.05) is 41.8 Å². The van der Waals surface area contributed by atoms with Crippen LogP contribution >= 0.6 is 22.7 Å². The van der Waals surface area contributed by atoms with Gasteiger partial charge in [0.1, 0.15) is 0 Å². The number of nitrogens with zero attached hydrogens (tertiary/aromatic N) is 2. The number of aromatic nitrogens is 1. The van der Waals surface area contributed by atoms with Crippen LogP contribution < -0.4 is 5.32 Å². The summed E-state index contributed by atoms with van der Waals surface area (Å²) in [4.78, 5) is 31.9. The summed E-state index contributed by atoms with van der Waals surface area (Å²) in [5.74, 6) is -0.428.